The quantitative estimate of drug-likeness (QED) is 0.176. The van der Waals surface area contributed by atoms with E-state index in [9.17, 15) is 19.8 Å². The Hall–Kier alpha value is -0.980. The molecule has 0 aliphatic heterocycles. The molecule has 0 saturated carbocycles. The maximum Gasteiger partial charge on any atom is 0.306 e. The molecule has 184 valence electrons. The van der Waals surface area contributed by atoms with Crippen molar-refractivity contribution >= 4 is 11.8 Å². The molecule has 3 N–H and O–H groups in total. The summed E-state index contributed by atoms with van der Waals surface area (Å²) in [6.45, 7) is 2.25. The van der Waals surface area contributed by atoms with E-state index in [0.29, 0.717) is 6.42 Å². The van der Waals surface area contributed by atoms with Crippen LogP contribution in [0.1, 0.15) is 110 Å². The van der Waals surface area contributed by atoms with Gasteiger partial charge in [0.2, 0.25) is 0 Å². The van der Waals surface area contributed by atoms with Crippen LogP contribution >= 0.6 is 0 Å². The minimum atomic E-state index is -1.94. The van der Waals surface area contributed by atoms with Crippen molar-refractivity contribution in [3.63, 3.8) is 0 Å². The highest BCUT2D eigenvalue weighted by Crippen LogP contribution is 2.21. The Morgan fingerprint density at radius 3 is 1.61 bits per heavy atom. The Bertz CT molecular complexity index is 489. The number of carboxylic acids is 1. The molecule has 0 rings (SSSR count). The largest absolute Gasteiger partial charge is 0.481 e. The maximum absolute atomic E-state index is 12.5. The van der Waals surface area contributed by atoms with Gasteiger partial charge in [-0.3, -0.25) is 9.59 Å². The van der Waals surface area contributed by atoms with Gasteiger partial charge in [0.15, 0.2) is 11.4 Å². The molecule has 0 aliphatic rings. The average Bonchev–Trinajstić information content (AvgIpc) is 2.63. The van der Waals surface area contributed by atoms with E-state index in [1.165, 1.54) is 64.2 Å². The number of aliphatic hydroxyl groups is 2. The Morgan fingerprint density at radius 1 is 0.806 bits per heavy atom. The van der Waals surface area contributed by atoms with Gasteiger partial charge in [-0.2, -0.15) is 0 Å². The van der Waals surface area contributed by atoms with Crippen LogP contribution in [-0.4, -0.2) is 70.9 Å². The summed E-state index contributed by atoms with van der Waals surface area (Å²) in [6, 6.07) is 0. The highest BCUT2D eigenvalue weighted by Gasteiger charge is 2.43. The Morgan fingerprint density at radius 2 is 1.23 bits per heavy atom. The first-order chi connectivity index (χ1) is 14.5. The second-order valence-corrected chi connectivity index (χ2v) is 10.4. The number of quaternary nitrogens is 1. The van der Waals surface area contributed by atoms with Crippen molar-refractivity contribution in [3.8, 4) is 0 Å². The van der Waals surface area contributed by atoms with E-state index in [1.54, 1.807) is 21.1 Å². The number of rotatable bonds is 21. The number of likely N-dealkylation sites (N-methyl/N-ethyl adjacent to an activating group) is 1. The molecule has 6 nitrogen and oxygen atoms in total. The second kappa shape index (κ2) is 16.6. The molecule has 2 unspecified atom stereocenters. The summed E-state index contributed by atoms with van der Waals surface area (Å²) in [7, 11) is 5.39. The molecule has 0 aromatic carbocycles. The number of unbranched alkanes of at least 4 members (excludes halogenated alkanes) is 12. The van der Waals surface area contributed by atoms with Gasteiger partial charge in [-0.05, 0) is 6.42 Å². The van der Waals surface area contributed by atoms with Crippen molar-refractivity contribution in [2.24, 2.45) is 0 Å². The molecule has 0 fully saturated rings. The van der Waals surface area contributed by atoms with Gasteiger partial charge in [0.1, 0.15) is 6.54 Å². The summed E-state index contributed by atoms with van der Waals surface area (Å²) in [5.41, 5.74) is -1.94. The molecule has 0 aromatic rings. The number of Topliss-reactive ketones (excluding diaryl/α,β-unsaturated/α-hetero) is 1. The topological polar surface area (TPSA) is 94.8 Å². The molecule has 0 radical (unpaired) electrons. The molecule has 0 heterocycles. The zero-order valence-corrected chi connectivity index (χ0v) is 20.7. The molecule has 0 aliphatic carbocycles. The number of ketones is 1. The fraction of sp³-hybridized carbons (Fsp3) is 0.920. The Balaban J connectivity index is 3.93. The maximum atomic E-state index is 12.5. The molecule has 0 aromatic heterocycles. The van der Waals surface area contributed by atoms with E-state index in [1.807, 2.05) is 0 Å². The number of hydrogen-bond donors (Lipinski definition) is 3. The molecule has 0 bridgehead atoms. The third-order valence-corrected chi connectivity index (χ3v) is 5.76. The van der Waals surface area contributed by atoms with Crippen LogP contribution < -0.4 is 0 Å². The van der Waals surface area contributed by atoms with Crippen molar-refractivity contribution in [2.45, 2.75) is 121 Å². The van der Waals surface area contributed by atoms with Crippen LogP contribution in [0.5, 0.6) is 0 Å². The number of carbonyl (C=O) groups is 2. The lowest BCUT2D eigenvalue weighted by atomic mass is 9.88. The van der Waals surface area contributed by atoms with E-state index in [0.717, 1.165) is 19.3 Å². The lowest BCUT2D eigenvalue weighted by molar-refractivity contribution is -0.875. The highest BCUT2D eigenvalue weighted by molar-refractivity contribution is 5.91. The third-order valence-electron chi connectivity index (χ3n) is 5.76. The van der Waals surface area contributed by atoms with Crippen LogP contribution in [0.25, 0.3) is 0 Å². The van der Waals surface area contributed by atoms with Crippen LogP contribution in [0, 0.1) is 0 Å². The summed E-state index contributed by atoms with van der Waals surface area (Å²) < 4.78 is 0.268. The minimum absolute atomic E-state index is 0.00356. The van der Waals surface area contributed by atoms with E-state index in [4.69, 9.17) is 5.11 Å². The zero-order chi connectivity index (χ0) is 23.8. The van der Waals surface area contributed by atoms with E-state index < -0.39 is 29.9 Å². The summed E-state index contributed by atoms with van der Waals surface area (Å²) in [5.74, 6) is -1.79. The molecule has 6 heteroatoms. The SMILES string of the molecule is CCCCCCCCCCCCCCCC(O)CC(=O)C(O)(CC(=O)O)C[N+](C)(C)C. The van der Waals surface area contributed by atoms with Gasteiger partial charge in [0.25, 0.3) is 0 Å². The first-order valence-corrected chi connectivity index (χ1v) is 12.5. The van der Waals surface area contributed by atoms with Crippen LogP contribution in [0.4, 0.5) is 0 Å². The van der Waals surface area contributed by atoms with Crippen molar-refractivity contribution in [1.82, 2.24) is 0 Å². The van der Waals surface area contributed by atoms with E-state index >= 15 is 0 Å². The summed E-state index contributed by atoms with van der Waals surface area (Å²) >= 11 is 0. The number of aliphatic carboxylic acids is 1. The van der Waals surface area contributed by atoms with Crippen LogP contribution in [0.15, 0.2) is 0 Å². The van der Waals surface area contributed by atoms with Gasteiger partial charge in [0.05, 0.1) is 33.7 Å². The Kier molecular flexibility index (Phi) is 16.1. The van der Waals surface area contributed by atoms with Crippen molar-refractivity contribution in [2.75, 3.05) is 27.7 Å². The van der Waals surface area contributed by atoms with Gasteiger partial charge >= 0.3 is 5.97 Å². The highest BCUT2D eigenvalue weighted by atomic mass is 16.4. The molecule has 0 amide bonds. The number of carboxylic acid groups (broad SMARTS) is 1. The molecular weight excluding hydrogens is 394 g/mol. The van der Waals surface area contributed by atoms with Crippen molar-refractivity contribution < 1.29 is 29.4 Å². The fourth-order valence-electron chi connectivity index (χ4n) is 4.18. The van der Waals surface area contributed by atoms with Gasteiger partial charge in [-0.1, -0.05) is 90.4 Å². The molecule has 0 spiro atoms. The standard InChI is InChI=1S/C25H49NO5/c1-5-6-7-8-9-10-11-12-13-14-15-16-17-18-22(27)19-23(28)25(31,20-24(29)30)21-26(2,3)4/h22,27,31H,5-21H2,1-4H3/p+1. The lowest BCUT2D eigenvalue weighted by Crippen LogP contribution is -2.55. The van der Waals surface area contributed by atoms with Gasteiger partial charge < -0.3 is 19.8 Å². The summed E-state index contributed by atoms with van der Waals surface area (Å²) in [5, 5.41) is 30.0. The molecule has 2 atom stereocenters. The molecule has 0 saturated heterocycles. The van der Waals surface area contributed by atoms with Gasteiger partial charge in [-0.25, -0.2) is 0 Å². The third kappa shape index (κ3) is 17.3. The lowest BCUT2D eigenvalue weighted by Gasteiger charge is -2.34. The summed E-state index contributed by atoms with van der Waals surface area (Å²) in [4.78, 5) is 23.7. The number of hydrogen-bond acceptors (Lipinski definition) is 4. The number of carbonyl (C=O) groups excluding carboxylic acids is 1. The number of aliphatic hydroxyl groups excluding tert-OH is 1. The van der Waals surface area contributed by atoms with Gasteiger partial charge in [0, 0.05) is 6.42 Å². The van der Waals surface area contributed by atoms with Crippen LogP contribution in [0.2, 0.25) is 0 Å². The molecule has 31 heavy (non-hydrogen) atoms. The van der Waals surface area contributed by atoms with E-state index in [-0.39, 0.29) is 17.4 Å². The van der Waals surface area contributed by atoms with Crippen molar-refractivity contribution in [3.05, 3.63) is 0 Å². The van der Waals surface area contributed by atoms with E-state index in [2.05, 4.69) is 6.92 Å². The number of nitrogens with zero attached hydrogens (tertiary/aromatic N) is 1. The van der Waals surface area contributed by atoms with Crippen molar-refractivity contribution in [1.29, 1.82) is 0 Å². The minimum Gasteiger partial charge on any atom is -0.481 e. The zero-order valence-electron chi connectivity index (χ0n) is 20.7. The predicted octanol–water partition coefficient (Wildman–Crippen LogP) is 4.70. The first kappa shape index (κ1) is 30.0. The second-order valence-electron chi connectivity index (χ2n) is 10.4. The first-order valence-electron chi connectivity index (χ1n) is 12.5. The predicted molar refractivity (Wildman–Crippen MR) is 126 cm³/mol. The monoisotopic (exact) mass is 444 g/mol. The average molecular weight is 445 g/mol. The normalized spacial score (nSPS) is 14.9. The van der Waals surface area contributed by atoms with Gasteiger partial charge in [-0.15, -0.1) is 0 Å². The Labute approximate surface area is 190 Å². The smallest absolute Gasteiger partial charge is 0.306 e. The fourth-order valence-corrected chi connectivity index (χ4v) is 4.18. The molecular formula is C25H50NO5+. The summed E-state index contributed by atoms with van der Waals surface area (Å²) in [6.07, 6.45) is 15.1. The van der Waals surface area contributed by atoms with Crippen LogP contribution in [0.3, 0.4) is 0 Å². The van der Waals surface area contributed by atoms with Crippen LogP contribution in [-0.2, 0) is 9.59 Å².